The smallest absolute Gasteiger partial charge is 0.335 e. The van der Waals surface area contributed by atoms with Crippen LogP contribution < -0.4 is 0 Å². The zero-order valence-corrected chi connectivity index (χ0v) is 4.74. The van der Waals surface area contributed by atoms with Gasteiger partial charge in [-0.1, -0.05) is 25.6 Å². The molecular weight excluding hydrogens is 128 g/mol. The van der Waals surface area contributed by atoms with Crippen molar-refractivity contribution in [3.05, 3.63) is 35.9 Å². The largest absolute Gasteiger partial charge is 0.478 e. The molecule has 1 N–H and O–H groups in total. The Balaban J connectivity index is 0.000000810. The summed E-state index contributed by atoms with van der Waals surface area (Å²) in [5.41, 5.74) is 0.331. The van der Waals surface area contributed by atoms with Crippen molar-refractivity contribution in [3.8, 4) is 0 Å². The van der Waals surface area contributed by atoms with Gasteiger partial charge in [0.2, 0.25) is 0 Å². The number of rotatable bonds is 1. The SMILES string of the molecule is C.O=C(O)c1ccccc1. The van der Waals surface area contributed by atoms with E-state index >= 15 is 0 Å². The Morgan fingerprint density at radius 1 is 1.20 bits per heavy atom. The second-order valence-corrected chi connectivity index (χ2v) is 1.67. The summed E-state index contributed by atoms with van der Waals surface area (Å²) < 4.78 is 0. The van der Waals surface area contributed by atoms with Gasteiger partial charge in [-0.15, -0.1) is 0 Å². The summed E-state index contributed by atoms with van der Waals surface area (Å²) in [4.78, 5) is 10.2. The first-order valence-corrected chi connectivity index (χ1v) is 2.59. The second kappa shape index (κ2) is 3.67. The normalized spacial score (nSPS) is 8.00. The number of carboxylic acid groups (broad SMARTS) is 1. The highest BCUT2D eigenvalue weighted by molar-refractivity contribution is 5.87. The first-order chi connectivity index (χ1) is 4.30. The van der Waals surface area contributed by atoms with E-state index in [1.54, 1.807) is 30.3 Å². The standard InChI is InChI=1S/C7H6O2.CH4/c8-7(9)6-4-2-1-3-5-6;/h1-5H,(H,8,9);1H4. The molecule has 0 saturated heterocycles. The van der Waals surface area contributed by atoms with Crippen LogP contribution in [0.25, 0.3) is 0 Å². The number of hydrogen-bond acceptors (Lipinski definition) is 1. The van der Waals surface area contributed by atoms with Gasteiger partial charge >= 0.3 is 5.97 Å². The van der Waals surface area contributed by atoms with Gasteiger partial charge in [0.1, 0.15) is 0 Å². The maximum atomic E-state index is 10.2. The molecule has 0 aliphatic rings. The van der Waals surface area contributed by atoms with Gasteiger partial charge in [0.25, 0.3) is 0 Å². The molecule has 2 nitrogen and oxygen atoms in total. The van der Waals surface area contributed by atoms with Crippen molar-refractivity contribution in [1.82, 2.24) is 0 Å². The molecule has 0 aliphatic heterocycles. The Bertz CT molecular complexity index is 204. The Hall–Kier alpha value is -1.31. The number of hydrogen-bond donors (Lipinski definition) is 1. The zero-order chi connectivity index (χ0) is 6.69. The van der Waals surface area contributed by atoms with E-state index in [-0.39, 0.29) is 7.43 Å². The first-order valence-electron chi connectivity index (χ1n) is 2.59. The maximum absolute atomic E-state index is 10.2. The molecule has 0 heterocycles. The van der Waals surface area contributed by atoms with E-state index in [4.69, 9.17) is 5.11 Å². The minimum Gasteiger partial charge on any atom is -0.478 e. The molecular formula is C8H10O2. The monoisotopic (exact) mass is 138 g/mol. The molecule has 0 aromatic heterocycles. The van der Waals surface area contributed by atoms with E-state index in [0.717, 1.165) is 0 Å². The van der Waals surface area contributed by atoms with E-state index in [1.165, 1.54) is 0 Å². The van der Waals surface area contributed by atoms with Crippen molar-refractivity contribution >= 4 is 5.97 Å². The first kappa shape index (κ1) is 8.69. The molecule has 0 fully saturated rings. The maximum Gasteiger partial charge on any atom is 0.335 e. The molecule has 0 atom stereocenters. The van der Waals surface area contributed by atoms with Gasteiger partial charge in [0.05, 0.1) is 5.56 Å². The predicted molar refractivity (Wildman–Crippen MR) is 40.1 cm³/mol. The Labute approximate surface area is 60.1 Å². The fourth-order valence-electron chi connectivity index (χ4n) is 0.581. The van der Waals surface area contributed by atoms with Crippen molar-refractivity contribution in [3.63, 3.8) is 0 Å². The minimum absolute atomic E-state index is 0. The van der Waals surface area contributed by atoms with Gasteiger partial charge < -0.3 is 5.11 Å². The number of aromatic carboxylic acids is 1. The van der Waals surface area contributed by atoms with Gasteiger partial charge in [0, 0.05) is 0 Å². The predicted octanol–water partition coefficient (Wildman–Crippen LogP) is 2.02. The van der Waals surface area contributed by atoms with Crippen LogP contribution in [-0.2, 0) is 0 Å². The third-order valence-electron chi connectivity index (χ3n) is 1.02. The molecule has 0 spiro atoms. The molecule has 0 unspecified atom stereocenters. The van der Waals surface area contributed by atoms with Crippen LogP contribution in [-0.4, -0.2) is 11.1 Å². The molecule has 1 rings (SSSR count). The Morgan fingerprint density at radius 2 is 1.70 bits per heavy atom. The van der Waals surface area contributed by atoms with Gasteiger partial charge in [-0.3, -0.25) is 0 Å². The molecule has 1 aromatic rings. The van der Waals surface area contributed by atoms with Gasteiger partial charge in [-0.2, -0.15) is 0 Å². The average molecular weight is 138 g/mol. The van der Waals surface area contributed by atoms with Gasteiger partial charge in [-0.05, 0) is 12.1 Å². The summed E-state index contributed by atoms with van der Waals surface area (Å²) >= 11 is 0. The highest BCUT2D eigenvalue weighted by atomic mass is 16.4. The molecule has 0 saturated carbocycles. The van der Waals surface area contributed by atoms with Crippen molar-refractivity contribution in [2.75, 3.05) is 0 Å². The Morgan fingerprint density at radius 3 is 2.00 bits per heavy atom. The second-order valence-electron chi connectivity index (χ2n) is 1.67. The lowest BCUT2D eigenvalue weighted by Gasteiger charge is -1.88. The molecule has 1 aromatic carbocycles. The van der Waals surface area contributed by atoms with E-state index < -0.39 is 5.97 Å². The van der Waals surface area contributed by atoms with Crippen molar-refractivity contribution in [2.24, 2.45) is 0 Å². The quantitative estimate of drug-likeness (QED) is 0.644. The third kappa shape index (κ3) is 1.90. The van der Waals surface area contributed by atoms with Crippen LogP contribution in [0.1, 0.15) is 17.8 Å². The summed E-state index contributed by atoms with van der Waals surface area (Å²) in [5.74, 6) is -0.879. The lowest BCUT2D eigenvalue weighted by molar-refractivity contribution is 0.0697. The minimum atomic E-state index is -0.879. The lowest BCUT2D eigenvalue weighted by atomic mass is 10.2. The van der Waals surface area contributed by atoms with Crippen LogP contribution in [0.3, 0.4) is 0 Å². The van der Waals surface area contributed by atoms with Crippen molar-refractivity contribution < 1.29 is 9.90 Å². The van der Waals surface area contributed by atoms with E-state index in [0.29, 0.717) is 5.56 Å². The van der Waals surface area contributed by atoms with Gasteiger partial charge in [0.15, 0.2) is 0 Å². The molecule has 10 heavy (non-hydrogen) atoms. The van der Waals surface area contributed by atoms with Crippen LogP contribution in [0.2, 0.25) is 0 Å². The van der Waals surface area contributed by atoms with E-state index in [9.17, 15) is 4.79 Å². The topological polar surface area (TPSA) is 37.3 Å². The zero-order valence-electron chi connectivity index (χ0n) is 4.74. The van der Waals surface area contributed by atoms with Crippen LogP contribution in [0, 0.1) is 0 Å². The molecule has 0 radical (unpaired) electrons. The van der Waals surface area contributed by atoms with E-state index in [2.05, 4.69) is 0 Å². The highest BCUT2D eigenvalue weighted by Crippen LogP contribution is 1.96. The van der Waals surface area contributed by atoms with Crippen LogP contribution in [0.15, 0.2) is 30.3 Å². The molecule has 54 valence electrons. The fourth-order valence-corrected chi connectivity index (χ4v) is 0.581. The molecule has 0 aliphatic carbocycles. The van der Waals surface area contributed by atoms with Crippen LogP contribution >= 0.6 is 0 Å². The Kier molecular flexibility index (Phi) is 3.19. The van der Waals surface area contributed by atoms with Crippen LogP contribution in [0.5, 0.6) is 0 Å². The summed E-state index contributed by atoms with van der Waals surface area (Å²) in [6.07, 6.45) is 0. The molecule has 0 amide bonds. The molecule has 0 bridgehead atoms. The van der Waals surface area contributed by atoms with Gasteiger partial charge in [-0.25, -0.2) is 4.79 Å². The van der Waals surface area contributed by atoms with E-state index in [1.807, 2.05) is 0 Å². The molecule has 2 heteroatoms. The summed E-state index contributed by atoms with van der Waals surface area (Å²) in [6.45, 7) is 0. The van der Waals surface area contributed by atoms with Crippen LogP contribution in [0.4, 0.5) is 0 Å². The highest BCUT2D eigenvalue weighted by Gasteiger charge is 1.96. The summed E-state index contributed by atoms with van der Waals surface area (Å²) in [5, 5.41) is 8.38. The lowest BCUT2D eigenvalue weighted by Crippen LogP contribution is -1.93. The van der Waals surface area contributed by atoms with Crippen molar-refractivity contribution in [2.45, 2.75) is 7.43 Å². The van der Waals surface area contributed by atoms with Crippen molar-refractivity contribution in [1.29, 1.82) is 0 Å². The average Bonchev–Trinajstić information content (AvgIpc) is 1.90. The summed E-state index contributed by atoms with van der Waals surface area (Å²) in [7, 11) is 0. The number of carboxylic acids is 1. The number of benzene rings is 1. The summed E-state index contributed by atoms with van der Waals surface area (Å²) in [6, 6.07) is 8.30. The fraction of sp³-hybridized carbons (Fsp3) is 0.125. The number of carbonyl (C=O) groups is 1. The third-order valence-corrected chi connectivity index (χ3v) is 1.02.